The molecule has 1 aliphatic heterocycles. The van der Waals surface area contributed by atoms with E-state index in [0.29, 0.717) is 12.6 Å². The van der Waals surface area contributed by atoms with Crippen molar-refractivity contribution in [1.29, 1.82) is 0 Å². The molecule has 5 heteroatoms. The first-order valence-corrected chi connectivity index (χ1v) is 11.2. The van der Waals surface area contributed by atoms with Crippen LogP contribution in [0.4, 0.5) is 0 Å². The smallest absolute Gasteiger partial charge is 0.316 e. The summed E-state index contributed by atoms with van der Waals surface area (Å²) in [7, 11) is 1.58. The first-order valence-electron chi connectivity index (χ1n) is 11.2. The number of ether oxygens (including phenoxy) is 2. The Balaban J connectivity index is 1.45. The molecule has 1 atom stereocenters. The second-order valence-corrected chi connectivity index (χ2v) is 8.29. The number of hydrogen-bond donors (Lipinski definition) is 0. The first-order chi connectivity index (χ1) is 16.3. The molecule has 3 aromatic carbocycles. The zero-order chi connectivity index (χ0) is 22.5. The standard InChI is InChI=1S/C28H27N3O2/c1-32-28-29-16-23(17-30-28)25-13-8-14-27-26(25)15-24(20-33-27)31(18-21-9-4-2-5-10-21)19-22-11-6-3-7-12-22/h2-14,16-17,24H,15,18-20H2,1H3/t24-/m0/s1. The molecule has 5 rings (SSSR count). The van der Waals surface area contributed by atoms with E-state index in [4.69, 9.17) is 9.47 Å². The van der Waals surface area contributed by atoms with Crippen LogP contribution < -0.4 is 9.47 Å². The molecule has 2 heterocycles. The van der Waals surface area contributed by atoms with Crippen molar-refractivity contribution in [2.45, 2.75) is 25.6 Å². The van der Waals surface area contributed by atoms with E-state index in [1.54, 1.807) is 7.11 Å². The van der Waals surface area contributed by atoms with Crippen molar-refractivity contribution in [2.75, 3.05) is 13.7 Å². The van der Waals surface area contributed by atoms with Gasteiger partial charge in [-0.05, 0) is 29.2 Å². The van der Waals surface area contributed by atoms with Crippen molar-refractivity contribution < 1.29 is 9.47 Å². The van der Waals surface area contributed by atoms with Crippen LogP contribution in [0.2, 0.25) is 0 Å². The van der Waals surface area contributed by atoms with E-state index < -0.39 is 0 Å². The normalized spacial score (nSPS) is 15.0. The van der Waals surface area contributed by atoms with E-state index in [1.165, 1.54) is 16.7 Å². The van der Waals surface area contributed by atoms with Gasteiger partial charge in [0, 0.05) is 42.7 Å². The average molecular weight is 438 g/mol. The first kappa shape index (κ1) is 21.2. The van der Waals surface area contributed by atoms with Crippen molar-refractivity contribution in [3.63, 3.8) is 0 Å². The summed E-state index contributed by atoms with van der Waals surface area (Å²) in [6, 6.07) is 28.1. The Morgan fingerprint density at radius 2 is 1.48 bits per heavy atom. The Labute approximate surface area is 194 Å². The summed E-state index contributed by atoms with van der Waals surface area (Å²) in [6.45, 7) is 2.40. The minimum absolute atomic E-state index is 0.248. The van der Waals surface area contributed by atoms with Crippen LogP contribution in [-0.2, 0) is 19.5 Å². The zero-order valence-electron chi connectivity index (χ0n) is 18.7. The van der Waals surface area contributed by atoms with Gasteiger partial charge in [0.1, 0.15) is 12.4 Å². The molecule has 0 spiro atoms. The van der Waals surface area contributed by atoms with Crippen molar-refractivity contribution >= 4 is 0 Å². The largest absolute Gasteiger partial charge is 0.492 e. The van der Waals surface area contributed by atoms with Crippen LogP contribution in [0.25, 0.3) is 11.1 Å². The molecule has 4 aromatic rings. The van der Waals surface area contributed by atoms with Gasteiger partial charge in [-0.15, -0.1) is 0 Å². The third kappa shape index (κ3) is 4.89. The third-order valence-corrected chi connectivity index (χ3v) is 6.10. The molecule has 0 N–H and O–H groups in total. The monoisotopic (exact) mass is 437 g/mol. The van der Waals surface area contributed by atoms with Gasteiger partial charge in [-0.3, -0.25) is 4.90 Å². The van der Waals surface area contributed by atoms with Gasteiger partial charge in [0.15, 0.2) is 0 Å². The lowest BCUT2D eigenvalue weighted by molar-refractivity contribution is 0.106. The lowest BCUT2D eigenvalue weighted by Gasteiger charge is -2.36. The summed E-state index contributed by atoms with van der Waals surface area (Å²) in [6.07, 6.45) is 4.53. The number of aromatic nitrogens is 2. The summed E-state index contributed by atoms with van der Waals surface area (Å²) >= 11 is 0. The Hall–Kier alpha value is -3.70. The van der Waals surface area contributed by atoms with E-state index in [2.05, 4.69) is 87.7 Å². The molecule has 1 aromatic heterocycles. The summed E-state index contributed by atoms with van der Waals surface area (Å²) in [4.78, 5) is 11.1. The van der Waals surface area contributed by atoms with Crippen LogP contribution in [0, 0.1) is 0 Å². The average Bonchev–Trinajstić information content (AvgIpc) is 2.89. The fourth-order valence-corrected chi connectivity index (χ4v) is 4.41. The minimum atomic E-state index is 0.248. The molecule has 0 fully saturated rings. The van der Waals surface area contributed by atoms with E-state index in [0.717, 1.165) is 36.4 Å². The van der Waals surface area contributed by atoms with E-state index >= 15 is 0 Å². The van der Waals surface area contributed by atoms with E-state index in [9.17, 15) is 0 Å². The second kappa shape index (κ2) is 9.84. The molecule has 1 aliphatic rings. The van der Waals surface area contributed by atoms with Gasteiger partial charge in [0.05, 0.1) is 7.11 Å². The molecule has 0 unspecified atom stereocenters. The van der Waals surface area contributed by atoms with Crippen molar-refractivity contribution in [1.82, 2.24) is 14.9 Å². The topological polar surface area (TPSA) is 47.5 Å². The fraction of sp³-hybridized carbons (Fsp3) is 0.214. The summed E-state index contributed by atoms with van der Waals surface area (Å²) in [5, 5.41) is 0. The number of rotatable bonds is 7. The van der Waals surface area contributed by atoms with Crippen LogP contribution in [0.15, 0.2) is 91.3 Å². The molecular formula is C28H27N3O2. The molecule has 0 saturated carbocycles. The van der Waals surface area contributed by atoms with Crippen LogP contribution in [0.3, 0.4) is 0 Å². The third-order valence-electron chi connectivity index (χ3n) is 6.10. The van der Waals surface area contributed by atoms with Gasteiger partial charge in [0.25, 0.3) is 0 Å². The van der Waals surface area contributed by atoms with Crippen LogP contribution in [0.1, 0.15) is 16.7 Å². The molecule has 5 nitrogen and oxygen atoms in total. The summed E-state index contributed by atoms with van der Waals surface area (Å²) < 4.78 is 11.4. The zero-order valence-corrected chi connectivity index (χ0v) is 18.7. The van der Waals surface area contributed by atoms with Gasteiger partial charge in [0.2, 0.25) is 0 Å². The molecule has 0 aliphatic carbocycles. The Bertz CT molecular complexity index is 1140. The Kier molecular flexibility index (Phi) is 6.31. The van der Waals surface area contributed by atoms with E-state index in [1.807, 2.05) is 18.5 Å². The maximum absolute atomic E-state index is 6.29. The van der Waals surface area contributed by atoms with Crippen molar-refractivity contribution in [3.8, 4) is 22.9 Å². The lowest BCUT2D eigenvalue weighted by Crippen LogP contribution is -2.42. The number of nitrogens with zero attached hydrogens (tertiary/aromatic N) is 3. The highest BCUT2D eigenvalue weighted by molar-refractivity contribution is 5.69. The summed E-state index contributed by atoms with van der Waals surface area (Å²) in [5.41, 5.74) is 5.88. The summed E-state index contributed by atoms with van der Waals surface area (Å²) in [5.74, 6) is 0.943. The van der Waals surface area contributed by atoms with Gasteiger partial charge in [-0.2, -0.15) is 0 Å². The molecule has 166 valence electrons. The molecule has 0 amide bonds. The highest BCUT2D eigenvalue weighted by Gasteiger charge is 2.28. The lowest BCUT2D eigenvalue weighted by atomic mass is 9.93. The molecule has 0 saturated heterocycles. The molecular weight excluding hydrogens is 410 g/mol. The minimum Gasteiger partial charge on any atom is -0.492 e. The number of benzene rings is 3. The van der Waals surface area contributed by atoms with E-state index in [-0.39, 0.29) is 6.04 Å². The highest BCUT2D eigenvalue weighted by Crippen LogP contribution is 2.35. The van der Waals surface area contributed by atoms with Crippen LogP contribution >= 0.6 is 0 Å². The molecule has 0 radical (unpaired) electrons. The van der Waals surface area contributed by atoms with Crippen LogP contribution in [-0.4, -0.2) is 34.6 Å². The van der Waals surface area contributed by atoms with Crippen molar-refractivity contribution in [3.05, 3.63) is 108 Å². The SMILES string of the molecule is COc1ncc(-c2cccc3c2C[C@H](N(Cc2ccccc2)Cc2ccccc2)CO3)cn1. The van der Waals surface area contributed by atoms with Gasteiger partial charge >= 0.3 is 6.01 Å². The molecule has 33 heavy (non-hydrogen) atoms. The quantitative estimate of drug-likeness (QED) is 0.400. The van der Waals surface area contributed by atoms with Gasteiger partial charge < -0.3 is 9.47 Å². The predicted molar refractivity (Wildman–Crippen MR) is 129 cm³/mol. The Morgan fingerprint density at radius 1 is 0.848 bits per heavy atom. The number of methoxy groups -OCH3 is 1. The number of fused-ring (bicyclic) bond motifs is 1. The Morgan fingerprint density at radius 3 is 2.09 bits per heavy atom. The highest BCUT2D eigenvalue weighted by atomic mass is 16.5. The van der Waals surface area contributed by atoms with Gasteiger partial charge in [-0.1, -0.05) is 72.8 Å². The number of hydrogen-bond acceptors (Lipinski definition) is 5. The maximum Gasteiger partial charge on any atom is 0.316 e. The van der Waals surface area contributed by atoms with Gasteiger partial charge in [-0.25, -0.2) is 9.97 Å². The van der Waals surface area contributed by atoms with Crippen molar-refractivity contribution in [2.24, 2.45) is 0 Å². The maximum atomic E-state index is 6.29. The molecule has 0 bridgehead atoms. The fourth-order valence-electron chi connectivity index (χ4n) is 4.41. The van der Waals surface area contributed by atoms with Crippen LogP contribution in [0.5, 0.6) is 11.8 Å². The second-order valence-electron chi connectivity index (χ2n) is 8.29. The predicted octanol–water partition coefficient (Wildman–Crippen LogP) is 5.16.